The molecule has 0 saturated carbocycles. The van der Waals surface area contributed by atoms with Crippen molar-refractivity contribution in [1.29, 1.82) is 0 Å². The van der Waals surface area contributed by atoms with Crippen LogP contribution in [0.2, 0.25) is 0 Å². The highest BCUT2D eigenvalue weighted by Crippen LogP contribution is 2.30. The van der Waals surface area contributed by atoms with Gasteiger partial charge < -0.3 is 25.3 Å². The maximum absolute atomic E-state index is 12.6. The fourth-order valence-corrected chi connectivity index (χ4v) is 5.02. The van der Waals surface area contributed by atoms with E-state index in [-0.39, 0.29) is 18.1 Å². The number of amides is 2. The molecular weight excluding hydrogens is 290 g/mol. The number of nitrogens with two attached hydrogens (primary N) is 1. The minimum atomic E-state index is 0.184. The van der Waals surface area contributed by atoms with Crippen LogP contribution in [-0.4, -0.2) is 96.1 Å². The maximum Gasteiger partial charge on any atom is 0.320 e. The number of hydrogen-bond acceptors (Lipinski definition) is 4. The van der Waals surface area contributed by atoms with E-state index in [4.69, 9.17) is 5.73 Å². The minimum absolute atomic E-state index is 0.184. The molecule has 23 heavy (non-hydrogen) atoms. The number of carbonyl (C=O) groups is 1. The second-order valence-electron chi connectivity index (χ2n) is 7.95. The van der Waals surface area contributed by atoms with Gasteiger partial charge in [0.15, 0.2) is 0 Å². The van der Waals surface area contributed by atoms with E-state index in [1.165, 1.54) is 25.9 Å². The van der Waals surface area contributed by atoms with Crippen molar-refractivity contribution >= 4 is 6.03 Å². The second kappa shape index (κ2) is 6.22. The van der Waals surface area contributed by atoms with Gasteiger partial charge in [0, 0.05) is 44.3 Å². The number of nitrogens with zero attached hydrogens (tertiary/aromatic N) is 4. The highest BCUT2D eigenvalue weighted by atomic mass is 16.2. The van der Waals surface area contributed by atoms with Gasteiger partial charge in [0.25, 0.3) is 0 Å². The Morgan fingerprint density at radius 1 is 0.870 bits per heavy atom. The molecule has 0 aromatic rings. The first kappa shape index (κ1) is 15.7. The Morgan fingerprint density at radius 2 is 1.52 bits per heavy atom. The average molecular weight is 321 g/mol. The molecule has 4 aliphatic heterocycles. The number of rotatable bonds is 2. The molecule has 0 aromatic heterocycles. The van der Waals surface area contributed by atoms with Crippen molar-refractivity contribution in [1.82, 2.24) is 19.6 Å². The van der Waals surface area contributed by atoms with E-state index in [1.807, 2.05) is 4.90 Å². The zero-order chi connectivity index (χ0) is 16.0. The number of piperidine rings is 2. The molecule has 0 unspecified atom stereocenters. The van der Waals surface area contributed by atoms with Crippen molar-refractivity contribution in [3.63, 3.8) is 0 Å². The van der Waals surface area contributed by atoms with Gasteiger partial charge in [0.2, 0.25) is 0 Å². The Bertz CT molecular complexity index is 442. The molecule has 0 aromatic carbocycles. The molecule has 6 heteroatoms. The predicted molar refractivity (Wildman–Crippen MR) is 90.3 cm³/mol. The summed E-state index contributed by atoms with van der Waals surface area (Å²) in [6, 6.07) is 1.90. The van der Waals surface area contributed by atoms with E-state index < -0.39 is 0 Å². The standard InChI is InChI=1S/C17H31N5O/c1-19-7-2-13(3-8-19)20-9-4-14(5-10-20)22-12-16-15(18)6-11-21(16)17(22)23/h13-16H,2-12,18H2,1H3/t15-,16-/m1/s1. The number of urea groups is 1. The molecule has 0 spiro atoms. The van der Waals surface area contributed by atoms with Crippen LogP contribution in [0, 0.1) is 0 Å². The first-order chi connectivity index (χ1) is 11.1. The first-order valence-corrected chi connectivity index (χ1v) is 9.39. The van der Waals surface area contributed by atoms with Crippen molar-refractivity contribution in [3.05, 3.63) is 0 Å². The van der Waals surface area contributed by atoms with Crippen LogP contribution in [0.5, 0.6) is 0 Å². The van der Waals surface area contributed by atoms with E-state index in [2.05, 4.69) is 21.7 Å². The van der Waals surface area contributed by atoms with Gasteiger partial charge in [0.05, 0.1) is 6.04 Å². The van der Waals surface area contributed by atoms with Crippen LogP contribution in [0.25, 0.3) is 0 Å². The largest absolute Gasteiger partial charge is 0.326 e. The van der Waals surface area contributed by atoms with Crippen molar-refractivity contribution < 1.29 is 4.79 Å². The van der Waals surface area contributed by atoms with Crippen LogP contribution in [-0.2, 0) is 0 Å². The summed E-state index contributed by atoms with van der Waals surface area (Å²) in [6.45, 7) is 6.47. The third-order valence-corrected chi connectivity index (χ3v) is 6.62. The van der Waals surface area contributed by atoms with E-state index in [9.17, 15) is 4.79 Å². The monoisotopic (exact) mass is 321 g/mol. The number of hydrogen-bond donors (Lipinski definition) is 1. The molecule has 2 atom stereocenters. The summed E-state index contributed by atoms with van der Waals surface area (Å²) in [4.78, 5) is 21.9. The Balaban J connectivity index is 1.31. The Kier molecular flexibility index (Phi) is 4.24. The van der Waals surface area contributed by atoms with E-state index in [1.54, 1.807) is 0 Å². The van der Waals surface area contributed by atoms with Crippen molar-refractivity contribution in [2.24, 2.45) is 5.73 Å². The van der Waals surface area contributed by atoms with Gasteiger partial charge in [-0.2, -0.15) is 0 Å². The molecule has 4 fully saturated rings. The van der Waals surface area contributed by atoms with Crippen LogP contribution < -0.4 is 5.73 Å². The fraction of sp³-hybridized carbons (Fsp3) is 0.941. The Hall–Kier alpha value is -0.850. The number of likely N-dealkylation sites (tertiary alicyclic amines) is 2. The minimum Gasteiger partial charge on any atom is -0.326 e. The van der Waals surface area contributed by atoms with E-state index >= 15 is 0 Å². The molecule has 0 aliphatic carbocycles. The summed E-state index contributed by atoms with van der Waals surface area (Å²) in [5.74, 6) is 0. The molecule has 4 aliphatic rings. The average Bonchev–Trinajstić information content (AvgIpc) is 3.09. The topological polar surface area (TPSA) is 56.1 Å². The molecule has 2 amide bonds. The molecule has 0 radical (unpaired) electrons. The van der Waals surface area contributed by atoms with Crippen molar-refractivity contribution in [2.75, 3.05) is 46.3 Å². The SMILES string of the molecule is CN1CCC(N2CCC(N3C[C@@H]4[C@H](N)CCN4C3=O)CC2)CC1. The lowest BCUT2D eigenvalue weighted by Crippen LogP contribution is -2.51. The highest BCUT2D eigenvalue weighted by Gasteiger charge is 2.46. The quantitative estimate of drug-likeness (QED) is 0.799. The van der Waals surface area contributed by atoms with Gasteiger partial charge in [-0.1, -0.05) is 0 Å². The number of fused-ring (bicyclic) bond motifs is 1. The predicted octanol–water partition coefficient (Wildman–Crippen LogP) is 0.382. The lowest BCUT2D eigenvalue weighted by atomic mass is 9.97. The maximum atomic E-state index is 12.6. The Morgan fingerprint density at radius 3 is 2.17 bits per heavy atom. The van der Waals surface area contributed by atoms with Gasteiger partial charge >= 0.3 is 6.03 Å². The lowest BCUT2D eigenvalue weighted by molar-refractivity contribution is 0.0720. The molecule has 6 nitrogen and oxygen atoms in total. The zero-order valence-corrected chi connectivity index (χ0v) is 14.4. The molecule has 4 heterocycles. The molecule has 4 rings (SSSR count). The van der Waals surface area contributed by atoms with Gasteiger partial charge in [-0.25, -0.2) is 4.79 Å². The second-order valence-corrected chi connectivity index (χ2v) is 7.95. The van der Waals surface area contributed by atoms with Gasteiger partial charge in [0.1, 0.15) is 0 Å². The summed E-state index contributed by atoms with van der Waals surface area (Å²) >= 11 is 0. The van der Waals surface area contributed by atoms with E-state index in [0.29, 0.717) is 6.04 Å². The smallest absolute Gasteiger partial charge is 0.320 e. The molecule has 130 valence electrons. The molecule has 4 saturated heterocycles. The lowest BCUT2D eigenvalue weighted by Gasteiger charge is -2.42. The summed E-state index contributed by atoms with van der Waals surface area (Å²) in [7, 11) is 2.22. The third kappa shape index (κ3) is 2.85. The number of carbonyl (C=O) groups excluding carboxylic acids is 1. The fourth-order valence-electron chi connectivity index (χ4n) is 5.02. The van der Waals surface area contributed by atoms with Gasteiger partial charge in [-0.05, 0) is 52.2 Å². The van der Waals surface area contributed by atoms with Crippen LogP contribution in [0.15, 0.2) is 0 Å². The highest BCUT2D eigenvalue weighted by molar-refractivity contribution is 5.78. The summed E-state index contributed by atoms with van der Waals surface area (Å²) in [6.07, 6.45) is 5.84. The summed E-state index contributed by atoms with van der Waals surface area (Å²) in [5.41, 5.74) is 6.17. The van der Waals surface area contributed by atoms with Crippen molar-refractivity contribution in [2.45, 2.75) is 56.3 Å². The normalized spacial score (nSPS) is 35.3. The van der Waals surface area contributed by atoms with Crippen molar-refractivity contribution in [3.8, 4) is 0 Å². The first-order valence-electron chi connectivity index (χ1n) is 9.39. The van der Waals surface area contributed by atoms with Gasteiger partial charge in [-0.15, -0.1) is 0 Å². The summed E-state index contributed by atoms with van der Waals surface area (Å²) in [5, 5.41) is 0. The van der Waals surface area contributed by atoms with Crippen LogP contribution in [0.1, 0.15) is 32.1 Å². The van der Waals surface area contributed by atoms with E-state index in [0.717, 1.165) is 51.5 Å². The van der Waals surface area contributed by atoms with Crippen LogP contribution in [0.3, 0.4) is 0 Å². The zero-order valence-electron chi connectivity index (χ0n) is 14.4. The molecular formula is C17H31N5O. The molecule has 0 bridgehead atoms. The summed E-state index contributed by atoms with van der Waals surface area (Å²) < 4.78 is 0. The molecule has 2 N–H and O–H groups in total. The van der Waals surface area contributed by atoms with Crippen LogP contribution >= 0.6 is 0 Å². The third-order valence-electron chi connectivity index (χ3n) is 6.62. The Labute approximate surface area is 139 Å². The van der Waals surface area contributed by atoms with Crippen LogP contribution in [0.4, 0.5) is 4.79 Å². The van der Waals surface area contributed by atoms with Gasteiger partial charge in [-0.3, -0.25) is 0 Å².